The number of carboxylic acids is 1. The topological polar surface area (TPSA) is 37.3 Å². The van der Waals surface area contributed by atoms with Gasteiger partial charge in [-0.05, 0) is 18.6 Å². The minimum atomic E-state index is -4.07. The lowest BCUT2D eigenvalue weighted by molar-refractivity contribution is -0.136. The fourth-order valence-corrected chi connectivity index (χ4v) is 2.78. The van der Waals surface area contributed by atoms with Crippen LogP contribution in [0, 0.1) is 0 Å². The first kappa shape index (κ1) is 20.5. The Morgan fingerprint density at radius 2 is 1.81 bits per heavy atom. The molecule has 0 aliphatic heterocycles. The highest BCUT2D eigenvalue weighted by Gasteiger charge is 2.45. The first-order chi connectivity index (χ1) is 9.72. The van der Waals surface area contributed by atoms with E-state index in [0.29, 0.717) is 6.42 Å². The van der Waals surface area contributed by atoms with Crippen LogP contribution in [-0.4, -0.2) is 40.6 Å². The van der Waals surface area contributed by atoms with E-state index in [1.54, 1.807) is 0 Å². The molecule has 0 rings (SSSR count). The molecule has 8 heteroatoms. The Kier molecular flexibility index (Phi) is 9.98. The van der Waals surface area contributed by atoms with E-state index in [-0.39, 0.29) is 12.2 Å². The van der Waals surface area contributed by atoms with Crippen LogP contribution in [0.1, 0.15) is 45.4 Å². The number of carboxylic acid groups (broad SMARTS) is 1. The van der Waals surface area contributed by atoms with Gasteiger partial charge in [0.1, 0.15) is 5.25 Å². The van der Waals surface area contributed by atoms with E-state index in [4.69, 9.17) is 5.11 Å². The van der Waals surface area contributed by atoms with Gasteiger partial charge >= 0.3 is 5.97 Å². The number of thioether (sulfide) groups is 1. The zero-order chi connectivity index (χ0) is 16.5. The van der Waals surface area contributed by atoms with Crippen LogP contribution < -0.4 is 0 Å². The Labute approximate surface area is 125 Å². The third-order valence-corrected chi connectivity index (χ3v) is 4.31. The maximum atomic E-state index is 13.0. The van der Waals surface area contributed by atoms with Crippen molar-refractivity contribution in [1.29, 1.82) is 0 Å². The van der Waals surface area contributed by atoms with Gasteiger partial charge in [-0.15, -0.1) is 11.8 Å². The first-order valence-corrected chi connectivity index (χ1v) is 7.91. The summed E-state index contributed by atoms with van der Waals surface area (Å²) in [6.07, 6.45) is -5.40. The lowest BCUT2D eigenvalue weighted by atomic mass is 10.1. The second kappa shape index (κ2) is 10.2. The minimum Gasteiger partial charge on any atom is -0.480 e. The number of unbranched alkanes of at least 4 members (excludes halogenated alkanes) is 2. The van der Waals surface area contributed by atoms with Crippen LogP contribution in [0.3, 0.4) is 0 Å². The van der Waals surface area contributed by atoms with Gasteiger partial charge in [0.05, 0.1) is 0 Å². The van der Waals surface area contributed by atoms with Gasteiger partial charge in [0, 0.05) is 6.42 Å². The van der Waals surface area contributed by atoms with Gasteiger partial charge in [-0.3, -0.25) is 4.79 Å². The second-order valence-electron chi connectivity index (χ2n) is 4.79. The molecule has 0 spiro atoms. The molecule has 21 heavy (non-hydrogen) atoms. The molecule has 126 valence electrons. The minimum absolute atomic E-state index is 0.0780. The molecular formula is C13H21F5O2S. The Hall–Kier alpha value is -0.530. The third kappa shape index (κ3) is 8.48. The smallest absolute Gasteiger partial charge is 0.316 e. The number of halogens is 5. The van der Waals surface area contributed by atoms with Crippen molar-refractivity contribution in [3.05, 3.63) is 0 Å². The average Bonchev–Trinajstić information content (AvgIpc) is 2.40. The predicted octanol–water partition coefficient (Wildman–Crippen LogP) is 4.77. The maximum Gasteiger partial charge on any atom is 0.316 e. The van der Waals surface area contributed by atoms with Crippen LogP contribution in [0.25, 0.3) is 0 Å². The van der Waals surface area contributed by atoms with Crippen molar-refractivity contribution in [2.45, 2.75) is 69.2 Å². The average molecular weight is 336 g/mol. The van der Waals surface area contributed by atoms with Crippen LogP contribution in [0.4, 0.5) is 22.0 Å². The van der Waals surface area contributed by atoms with Crippen LogP contribution >= 0.6 is 11.8 Å². The quantitative estimate of drug-likeness (QED) is 0.412. The highest BCUT2D eigenvalue weighted by atomic mass is 32.2. The molecule has 0 fully saturated rings. The molecule has 1 N–H and O–H groups in total. The fraction of sp³-hybridized carbons (Fsp3) is 0.923. The molecule has 0 amide bonds. The standard InChI is InChI=1S/C13H21F5O2S/c1-2-3-4-6-9(12(19)20)21-8-5-7-13(17,18)10(14)11(15)16/h9-11H,2-8H2,1H3,(H,19,20). The van der Waals surface area contributed by atoms with Crippen molar-refractivity contribution < 1.29 is 31.9 Å². The number of carbonyl (C=O) groups is 1. The number of aliphatic carboxylic acids is 1. The molecule has 0 aromatic rings. The molecule has 0 aromatic carbocycles. The van der Waals surface area contributed by atoms with Crippen LogP contribution in [-0.2, 0) is 4.79 Å². The van der Waals surface area contributed by atoms with E-state index in [2.05, 4.69) is 0 Å². The van der Waals surface area contributed by atoms with Crippen LogP contribution in [0.15, 0.2) is 0 Å². The molecule has 0 aliphatic carbocycles. The zero-order valence-corrected chi connectivity index (χ0v) is 12.7. The van der Waals surface area contributed by atoms with Crippen LogP contribution in [0.2, 0.25) is 0 Å². The van der Waals surface area contributed by atoms with Crippen molar-refractivity contribution in [1.82, 2.24) is 0 Å². The van der Waals surface area contributed by atoms with Gasteiger partial charge in [0.2, 0.25) is 6.17 Å². The van der Waals surface area contributed by atoms with Gasteiger partial charge in [0.25, 0.3) is 12.3 Å². The molecule has 0 saturated carbocycles. The Balaban J connectivity index is 4.07. The molecule has 2 nitrogen and oxygen atoms in total. The summed E-state index contributed by atoms with van der Waals surface area (Å²) in [5.41, 5.74) is 0. The molecule has 0 aliphatic rings. The predicted molar refractivity (Wildman–Crippen MR) is 73.1 cm³/mol. The van der Waals surface area contributed by atoms with Crippen molar-refractivity contribution in [3.63, 3.8) is 0 Å². The van der Waals surface area contributed by atoms with E-state index in [1.807, 2.05) is 6.92 Å². The molecule has 0 saturated heterocycles. The third-order valence-electron chi connectivity index (χ3n) is 2.94. The summed E-state index contributed by atoms with van der Waals surface area (Å²) < 4.78 is 62.5. The van der Waals surface area contributed by atoms with Gasteiger partial charge in [-0.25, -0.2) is 22.0 Å². The summed E-state index contributed by atoms with van der Waals surface area (Å²) in [7, 11) is 0. The number of alkyl halides is 5. The van der Waals surface area contributed by atoms with E-state index in [0.717, 1.165) is 31.0 Å². The van der Waals surface area contributed by atoms with Crippen LogP contribution in [0.5, 0.6) is 0 Å². The maximum absolute atomic E-state index is 13.0. The lowest BCUT2D eigenvalue weighted by Gasteiger charge is -2.20. The lowest BCUT2D eigenvalue weighted by Crippen LogP contribution is -2.35. The van der Waals surface area contributed by atoms with Crippen molar-refractivity contribution in [2.75, 3.05) is 5.75 Å². The normalized spacial score (nSPS) is 15.2. The first-order valence-electron chi connectivity index (χ1n) is 6.86. The Morgan fingerprint density at radius 1 is 1.19 bits per heavy atom. The van der Waals surface area contributed by atoms with E-state index in [1.165, 1.54) is 0 Å². The highest BCUT2D eigenvalue weighted by Crippen LogP contribution is 2.32. The zero-order valence-electron chi connectivity index (χ0n) is 11.8. The highest BCUT2D eigenvalue weighted by molar-refractivity contribution is 8.00. The summed E-state index contributed by atoms with van der Waals surface area (Å²) in [6.45, 7) is 1.97. The summed E-state index contributed by atoms with van der Waals surface area (Å²) in [5, 5.41) is 8.27. The number of rotatable bonds is 12. The molecule has 0 bridgehead atoms. The largest absolute Gasteiger partial charge is 0.480 e. The molecule has 0 heterocycles. The van der Waals surface area contributed by atoms with Gasteiger partial charge < -0.3 is 5.11 Å². The van der Waals surface area contributed by atoms with E-state index < -0.39 is 36.2 Å². The molecular weight excluding hydrogens is 315 g/mol. The molecule has 2 atom stereocenters. The van der Waals surface area contributed by atoms with Crippen molar-refractivity contribution in [3.8, 4) is 0 Å². The molecule has 2 unspecified atom stereocenters. The number of hydrogen-bond donors (Lipinski definition) is 1. The molecule has 0 radical (unpaired) electrons. The van der Waals surface area contributed by atoms with Crippen molar-refractivity contribution in [2.24, 2.45) is 0 Å². The summed E-state index contributed by atoms with van der Waals surface area (Å²) in [6, 6.07) is 0. The summed E-state index contributed by atoms with van der Waals surface area (Å²) in [5.74, 6) is -5.01. The Morgan fingerprint density at radius 3 is 2.29 bits per heavy atom. The van der Waals surface area contributed by atoms with Crippen molar-refractivity contribution >= 4 is 17.7 Å². The summed E-state index contributed by atoms with van der Waals surface area (Å²) in [4.78, 5) is 11.0. The Bertz CT molecular complexity index is 302. The van der Waals surface area contributed by atoms with E-state index in [9.17, 15) is 26.7 Å². The monoisotopic (exact) mass is 336 g/mol. The summed E-state index contributed by atoms with van der Waals surface area (Å²) >= 11 is 0.998. The molecule has 0 aromatic heterocycles. The van der Waals surface area contributed by atoms with Gasteiger partial charge in [-0.1, -0.05) is 26.2 Å². The van der Waals surface area contributed by atoms with Gasteiger partial charge in [-0.2, -0.15) is 0 Å². The fourth-order valence-electron chi connectivity index (χ4n) is 1.71. The van der Waals surface area contributed by atoms with Gasteiger partial charge in [0.15, 0.2) is 0 Å². The number of hydrogen-bond acceptors (Lipinski definition) is 2. The second-order valence-corrected chi connectivity index (χ2v) is 6.10. The SMILES string of the molecule is CCCCCC(SCCCC(F)(F)C(F)C(F)F)C(=O)O. The van der Waals surface area contributed by atoms with E-state index >= 15 is 0 Å².